The van der Waals surface area contributed by atoms with Gasteiger partial charge in [-0.2, -0.15) is 0 Å². The average Bonchev–Trinajstić information content (AvgIpc) is 2.48. The third kappa shape index (κ3) is 4.32. The molecule has 120 valence electrons. The summed E-state index contributed by atoms with van der Waals surface area (Å²) in [5.74, 6) is -4.42. The molecule has 0 saturated heterocycles. The predicted molar refractivity (Wildman–Crippen MR) is 78.6 cm³/mol. The summed E-state index contributed by atoms with van der Waals surface area (Å²) in [5, 5.41) is 11.3. The highest BCUT2D eigenvalue weighted by molar-refractivity contribution is 6.42. The van der Waals surface area contributed by atoms with E-state index in [4.69, 9.17) is 23.2 Å². The fourth-order valence-electron chi connectivity index (χ4n) is 1.99. The fourth-order valence-corrected chi connectivity index (χ4v) is 2.29. The minimum atomic E-state index is -1.47. The molecule has 1 aromatic rings. The number of carbonyl (C=O) groups is 2. The van der Waals surface area contributed by atoms with Crippen LogP contribution in [0.1, 0.15) is 11.5 Å². The third-order valence-corrected chi connectivity index (χ3v) is 3.77. The first-order valence-corrected chi connectivity index (χ1v) is 6.79. The Hall–Kier alpha value is -1.86. The van der Waals surface area contributed by atoms with Gasteiger partial charge in [-0.05, 0) is 17.7 Å². The first-order valence-electron chi connectivity index (χ1n) is 6.04. The third-order valence-electron chi connectivity index (χ3n) is 3.03. The summed E-state index contributed by atoms with van der Waals surface area (Å²) in [7, 11) is 2.16. The smallest absolute Gasteiger partial charge is 0.320 e. The van der Waals surface area contributed by atoms with Crippen molar-refractivity contribution in [1.29, 1.82) is 0 Å². The van der Waals surface area contributed by atoms with Gasteiger partial charge in [0.25, 0.3) is 0 Å². The van der Waals surface area contributed by atoms with Crippen molar-refractivity contribution < 1.29 is 24.0 Å². The minimum absolute atomic E-state index is 0.154. The second-order valence-corrected chi connectivity index (χ2v) is 5.13. The molecule has 7 nitrogen and oxygen atoms in total. The molecule has 0 fully saturated rings. The van der Waals surface area contributed by atoms with E-state index in [0.29, 0.717) is 5.56 Å². The van der Waals surface area contributed by atoms with E-state index in [1.165, 1.54) is 18.2 Å². The Balaban J connectivity index is 3.34. The summed E-state index contributed by atoms with van der Waals surface area (Å²) in [6, 6.07) is 4.26. The molecule has 0 spiro atoms. The molecule has 0 amide bonds. The summed E-state index contributed by atoms with van der Waals surface area (Å²) >= 11 is 11.7. The van der Waals surface area contributed by atoms with Crippen molar-refractivity contribution in [3.8, 4) is 0 Å². The van der Waals surface area contributed by atoms with Crippen LogP contribution in [0.3, 0.4) is 0 Å². The van der Waals surface area contributed by atoms with Crippen LogP contribution in [0.15, 0.2) is 18.2 Å². The van der Waals surface area contributed by atoms with Crippen LogP contribution >= 0.6 is 23.2 Å². The van der Waals surface area contributed by atoms with E-state index in [0.717, 1.165) is 14.2 Å². The van der Waals surface area contributed by atoms with Gasteiger partial charge < -0.3 is 9.47 Å². The van der Waals surface area contributed by atoms with Crippen molar-refractivity contribution in [2.45, 2.75) is 5.92 Å². The van der Waals surface area contributed by atoms with Gasteiger partial charge in [-0.1, -0.05) is 29.3 Å². The highest BCUT2D eigenvalue weighted by Gasteiger charge is 2.41. The Kier molecular flexibility index (Phi) is 6.58. The van der Waals surface area contributed by atoms with E-state index < -0.39 is 35.2 Å². The molecule has 9 heteroatoms. The molecule has 0 aliphatic carbocycles. The molecule has 0 heterocycles. The molecule has 0 N–H and O–H groups in total. The molecule has 1 atom stereocenters. The van der Waals surface area contributed by atoms with Gasteiger partial charge in [0.1, 0.15) is 0 Å². The van der Waals surface area contributed by atoms with E-state index in [9.17, 15) is 19.7 Å². The van der Waals surface area contributed by atoms with Crippen LogP contribution in [0.2, 0.25) is 10.0 Å². The molecule has 0 bridgehead atoms. The maximum atomic E-state index is 11.9. The van der Waals surface area contributed by atoms with Crippen LogP contribution in [-0.2, 0) is 19.1 Å². The van der Waals surface area contributed by atoms with E-state index in [1.807, 2.05) is 0 Å². The summed E-state index contributed by atoms with van der Waals surface area (Å²) in [5.41, 5.74) is 0.312. The van der Waals surface area contributed by atoms with Gasteiger partial charge in [-0.15, -0.1) is 0 Å². The van der Waals surface area contributed by atoms with Gasteiger partial charge in [-0.25, -0.2) is 0 Å². The Morgan fingerprint density at radius 3 is 2.14 bits per heavy atom. The number of esters is 2. The van der Waals surface area contributed by atoms with Crippen LogP contribution in [0.4, 0.5) is 0 Å². The molecule has 0 aliphatic heterocycles. The van der Waals surface area contributed by atoms with E-state index >= 15 is 0 Å². The summed E-state index contributed by atoms with van der Waals surface area (Å²) in [4.78, 5) is 34.0. The van der Waals surface area contributed by atoms with Crippen LogP contribution in [0.5, 0.6) is 0 Å². The predicted octanol–water partition coefficient (Wildman–Crippen LogP) is 2.32. The highest BCUT2D eigenvalue weighted by atomic mass is 35.5. The molecular weight excluding hydrogens is 337 g/mol. The van der Waals surface area contributed by atoms with Gasteiger partial charge in [-0.3, -0.25) is 19.7 Å². The average molecular weight is 350 g/mol. The quantitative estimate of drug-likeness (QED) is 0.338. The number of ether oxygens (including phenoxy) is 2. The molecule has 22 heavy (non-hydrogen) atoms. The highest BCUT2D eigenvalue weighted by Crippen LogP contribution is 2.32. The Morgan fingerprint density at radius 2 is 1.73 bits per heavy atom. The molecule has 0 unspecified atom stereocenters. The largest absolute Gasteiger partial charge is 0.468 e. The van der Waals surface area contributed by atoms with Crippen molar-refractivity contribution in [1.82, 2.24) is 0 Å². The van der Waals surface area contributed by atoms with Crippen LogP contribution in [0.25, 0.3) is 0 Å². The molecule has 0 saturated carbocycles. The lowest BCUT2D eigenvalue weighted by atomic mass is 9.86. The SMILES string of the molecule is COC(=O)C(C(=O)OC)[C@@H](C[N+](=O)[O-])c1ccc(Cl)c(Cl)c1. The standard InChI is InChI=1S/C13H13Cl2NO6/c1-21-12(17)11(13(18)22-2)8(6-16(19)20)7-3-4-9(14)10(15)5-7/h3-5,8,11H,6H2,1-2H3/t8-/m0/s1. The van der Waals surface area contributed by atoms with Crippen molar-refractivity contribution in [3.05, 3.63) is 43.9 Å². The van der Waals surface area contributed by atoms with E-state index in [-0.39, 0.29) is 10.0 Å². The topological polar surface area (TPSA) is 95.7 Å². The zero-order chi connectivity index (χ0) is 16.9. The molecule has 1 aromatic carbocycles. The van der Waals surface area contributed by atoms with Gasteiger partial charge in [0, 0.05) is 4.92 Å². The number of carbonyl (C=O) groups excluding carboxylic acids is 2. The number of hydrogen-bond acceptors (Lipinski definition) is 6. The second-order valence-electron chi connectivity index (χ2n) is 4.32. The van der Waals surface area contributed by atoms with Gasteiger partial charge in [0.15, 0.2) is 5.92 Å². The fraction of sp³-hybridized carbons (Fsp3) is 0.385. The lowest BCUT2D eigenvalue weighted by Gasteiger charge is -2.21. The van der Waals surface area contributed by atoms with Crippen molar-refractivity contribution in [2.75, 3.05) is 20.8 Å². The maximum Gasteiger partial charge on any atom is 0.320 e. The molecule has 0 aliphatic rings. The molecule has 1 rings (SSSR count). The second kappa shape index (κ2) is 7.95. The number of halogens is 2. The van der Waals surface area contributed by atoms with Gasteiger partial charge in [0.05, 0.1) is 30.2 Å². The van der Waals surface area contributed by atoms with Crippen molar-refractivity contribution in [3.63, 3.8) is 0 Å². The Morgan fingerprint density at radius 1 is 1.18 bits per heavy atom. The minimum Gasteiger partial charge on any atom is -0.468 e. The van der Waals surface area contributed by atoms with Gasteiger partial charge >= 0.3 is 11.9 Å². The lowest BCUT2D eigenvalue weighted by Crippen LogP contribution is -2.35. The first-order chi connectivity index (χ1) is 10.3. The zero-order valence-electron chi connectivity index (χ0n) is 11.7. The lowest BCUT2D eigenvalue weighted by molar-refractivity contribution is -0.484. The van der Waals surface area contributed by atoms with Gasteiger partial charge in [0.2, 0.25) is 6.54 Å². The molecule has 0 radical (unpaired) electrons. The van der Waals surface area contributed by atoms with Crippen LogP contribution < -0.4 is 0 Å². The Labute approximate surface area is 136 Å². The monoisotopic (exact) mass is 349 g/mol. The number of nitro groups is 1. The molecule has 0 aromatic heterocycles. The van der Waals surface area contributed by atoms with Crippen molar-refractivity contribution in [2.24, 2.45) is 5.92 Å². The normalized spacial score (nSPS) is 11.9. The Bertz CT molecular complexity index is 576. The van der Waals surface area contributed by atoms with E-state index in [1.54, 1.807) is 0 Å². The number of rotatable bonds is 6. The van der Waals surface area contributed by atoms with Crippen molar-refractivity contribution >= 4 is 35.1 Å². The number of methoxy groups -OCH3 is 2. The number of nitrogens with zero attached hydrogens (tertiary/aromatic N) is 1. The summed E-state index contributed by atoms with van der Waals surface area (Å²) in [6.45, 7) is -0.674. The van der Waals surface area contributed by atoms with E-state index in [2.05, 4.69) is 9.47 Å². The first kappa shape index (κ1) is 18.2. The number of benzene rings is 1. The molecular formula is C13H13Cl2NO6. The zero-order valence-corrected chi connectivity index (χ0v) is 13.3. The van der Waals surface area contributed by atoms with Crippen LogP contribution in [-0.4, -0.2) is 37.6 Å². The number of hydrogen-bond donors (Lipinski definition) is 0. The maximum absolute atomic E-state index is 11.9. The summed E-state index contributed by atoms with van der Waals surface area (Å²) in [6.07, 6.45) is 0. The summed E-state index contributed by atoms with van der Waals surface area (Å²) < 4.78 is 9.10. The van der Waals surface area contributed by atoms with Crippen LogP contribution in [0, 0.1) is 16.0 Å².